The lowest BCUT2D eigenvalue weighted by Crippen LogP contribution is -2.55. The van der Waals surface area contributed by atoms with E-state index in [1.807, 2.05) is 0 Å². The third-order valence-electron chi connectivity index (χ3n) is 5.13. The van der Waals surface area contributed by atoms with Crippen LogP contribution in [-0.2, 0) is 6.54 Å². The minimum atomic E-state index is -0.543. The van der Waals surface area contributed by atoms with Gasteiger partial charge in [-0.05, 0) is 18.6 Å². The topological polar surface area (TPSA) is 43.1 Å². The number of hydrogen-bond acceptors (Lipinski definition) is 2. The van der Waals surface area contributed by atoms with Crippen LogP contribution in [0.1, 0.15) is 31.2 Å². The number of halogens is 1. The van der Waals surface area contributed by atoms with E-state index in [0.29, 0.717) is 24.2 Å². The van der Waals surface area contributed by atoms with E-state index in [1.165, 1.54) is 18.9 Å². The molecular weight excluding hydrogens is 259 g/mol. The van der Waals surface area contributed by atoms with Crippen molar-refractivity contribution in [3.05, 3.63) is 46.1 Å². The van der Waals surface area contributed by atoms with Gasteiger partial charge in [0.25, 0.3) is 5.69 Å². The highest BCUT2D eigenvalue weighted by Gasteiger charge is 2.49. The first-order valence-corrected chi connectivity index (χ1v) is 7.10. The average Bonchev–Trinajstić information content (AvgIpc) is 2.60. The zero-order valence-electron chi connectivity index (χ0n) is 11.6. The largest absolute Gasteiger partial charge is 0.317 e. The molecule has 1 aromatic carbocycles. The Morgan fingerprint density at radius 3 is 2.60 bits per heavy atom. The van der Waals surface area contributed by atoms with Gasteiger partial charge in [0.05, 0.1) is 35.7 Å². The molecule has 0 N–H and O–H groups in total. The number of hydrogen-bond donors (Lipinski definition) is 0. The molecule has 2 saturated heterocycles. The van der Waals surface area contributed by atoms with Gasteiger partial charge in [0.15, 0.2) is 0 Å². The van der Waals surface area contributed by atoms with Crippen LogP contribution in [0.5, 0.6) is 0 Å². The molecule has 1 aromatic rings. The molecule has 2 unspecified atom stereocenters. The highest BCUT2D eigenvalue weighted by atomic mass is 19.1. The molecule has 2 fully saturated rings. The number of piperidine rings is 1. The van der Waals surface area contributed by atoms with Gasteiger partial charge in [-0.15, -0.1) is 0 Å². The lowest BCUT2D eigenvalue weighted by Gasteiger charge is -2.44. The molecule has 4 nitrogen and oxygen atoms in total. The number of nitrogens with zero attached hydrogens (tertiary/aromatic N) is 2. The summed E-state index contributed by atoms with van der Waals surface area (Å²) in [4.78, 5) is 10.7. The van der Waals surface area contributed by atoms with E-state index in [9.17, 15) is 14.5 Å². The van der Waals surface area contributed by atoms with Gasteiger partial charge in [-0.25, -0.2) is 4.39 Å². The Labute approximate surface area is 117 Å². The second kappa shape index (κ2) is 4.81. The molecule has 2 bridgehead atoms. The molecule has 20 heavy (non-hydrogen) atoms. The van der Waals surface area contributed by atoms with E-state index >= 15 is 0 Å². The number of nitro benzene ring substituents is 1. The first-order chi connectivity index (χ1) is 9.50. The molecule has 2 aliphatic heterocycles. The molecule has 2 aliphatic rings. The summed E-state index contributed by atoms with van der Waals surface area (Å²) >= 11 is 0. The van der Waals surface area contributed by atoms with Crippen molar-refractivity contribution < 1.29 is 13.8 Å². The normalized spacial score (nSPS) is 32.3. The van der Waals surface area contributed by atoms with E-state index < -0.39 is 10.7 Å². The van der Waals surface area contributed by atoms with Crippen LogP contribution >= 0.6 is 0 Å². The Kier molecular flexibility index (Phi) is 3.24. The van der Waals surface area contributed by atoms with Gasteiger partial charge in [-0.3, -0.25) is 10.1 Å². The lowest BCUT2D eigenvalue weighted by molar-refractivity contribution is -0.959. The summed E-state index contributed by atoms with van der Waals surface area (Å²) in [5, 5.41) is 11.1. The molecule has 5 heteroatoms. The number of fused-ring (bicyclic) bond motifs is 2. The van der Waals surface area contributed by atoms with Crippen LogP contribution in [0.2, 0.25) is 0 Å². The van der Waals surface area contributed by atoms with E-state index in [1.54, 1.807) is 6.07 Å². The summed E-state index contributed by atoms with van der Waals surface area (Å²) in [7, 11) is 2.20. The Balaban J connectivity index is 1.93. The molecular formula is C15H19FN2O2+. The Morgan fingerprint density at radius 1 is 1.35 bits per heavy atom. The zero-order chi connectivity index (χ0) is 14.3. The molecule has 2 heterocycles. The summed E-state index contributed by atoms with van der Waals surface area (Å²) in [5.74, 6) is -0.543. The third-order valence-corrected chi connectivity index (χ3v) is 5.13. The predicted octanol–water partition coefficient (Wildman–Crippen LogP) is 3.21. The van der Waals surface area contributed by atoms with Crippen LogP contribution in [0.15, 0.2) is 18.2 Å². The van der Waals surface area contributed by atoms with Gasteiger partial charge in [0, 0.05) is 25.7 Å². The fraction of sp³-hybridized carbons (Fsp3) is 0.533. The maximum atomic E-state index is 13.2. The molecule has 107 valence electrons. The lowest BCUT2D eigenvalue weighted by atomic mass is 9.98. The summed E-state index contributed by atoms with van der Waals surface area (Å²) in [6, 6.07) is 5.05. The van der Waals surface area contributed by atoms with E-state index in [-0.39, 0.29) is 5.69 Å². The van der Waals surface area contributed by atoms with Crippen LogP contribution in [-0.4, -0.2) is 28.5 Å². The number of benzene rings is 1. The average molecular weight is 278 g/mol. The fourth-order valence-corrected chi connectivity index (χ4v) is 3.94. The maximum Gasteiger partial charge on any atom is 0.281 e. The molecule has 0 aliphatic carbocycles. The third kappa shape index (κ3) is 2.10. The molecule has 0 aromatic heterocycles. The van der Waals surface area contributed by atoms with E-state index in [4.69, 9.17) is 0 Å². The zero-order valence-corrected chi connectivity index (χ0v) is 11.6. The van der Waals surface area contributed by atoms with Crippen LogP contribution in [0.25, 0.3) is 0 Å². The quantitative estimate of drug-likeness (QED) is 0.484. The van der Waals surface area contributed by atoms with Crippen molar-refractivity contribution in [1.29, 1.82) is 0 Å². The van der Waals surface area contributed by atoms with Gasteiger partial charge >= 0.3 is 0 Å². The first kappa shape index (κ1) is 13.5. The van der Waals surface area contributed by atoms with Crippen LogP contribution in [0.3, 0.4) is 0 Å². The minimum Gasteiger partial charge on any atom is -0.317 e. The Bertz CT molecular complexity index is 531. The number of rotatable bonds is 3. The highest BCUT2D eigenvalue weighted by Crippen LogP contribution is 2.42. The van der Waals surface area contributed by atoms with Gasteiger partial charge < -0.3 is 4.48 Å². The molecule has 0 spiro atoms. The Hall–Kier alpha value is -1.49. The Morgan fingerprint density at radius 2 is 2.00 bits per heavy atom. The van der Waals surface area contributed by atoms with E-state index in [2.05, 4.69) is 13.5 Å². The van der Waals surface area contributed by atoms with Crippen molar-refractivity contribution >= 4 is 5.69 Å². The number of quaternary nitrogens is 1. The SMILES string of the molecule is C[N+]1(Cc2ccc(F)cc2[N+](=O)[O-])C2C[CH]CC1CC2. The van der Waals surface area contributed by atoms with Gasteiger partial charge in [0.2, 0.25) is 0 Å². The molecule has 0 amide bonds. The van der Waals surface area contributed by atoms with Crippen molar-refractivity contribution in [2.45, 2.75) is 44.3 Å². The van der Waals surface area contributed by atoms with Crippen molar-refractivity contribution in [3.8, 4) is 0 Å². The van der Waals surface area contributed by atoms with Crippen molar-refractivity contribution in [1.82, 2.24) is 0 Å². The second-order valence-electron chi connectivity index (χ2n) is 6.18. The van der Waals surface area contributed by atoms with Crippen LogP contribution in [0.4, 0.5) is 10.1 Å². The maximum absolute atomic E-state index is 13.2. The minimum absolute atomic E-state index is 0.0849. The molecule has 3 rings (SSSR count). The van der Waals surface area contributed by atoms with Crippen molar-refractivity contribution in [3.63, 3.8) is 0 Å². The van der Waals surface area contributed by atoms with Crippen molar-refractivity contribution in [2.24, 2.45) is 0 Å². The molecule has 2 atom stereocenters. The van der Waals surface area contributed by atoms with E-state index in [0.717, 1.165) is 23.4 Å². The van der Waals surface area contributed by atoms with Gasteiger partial charge in [-0.1, -0.05) is 0 Å². The monoisotopic (exact) mass is 278 g/mol. The standard InChI is InChI=1S/C15H19FN2O2/c1-18(13-3-2-4-14(18)8-7-13)10-11-5-6-12(16)9-15(11)17(19)20/h2,5-6,9,13-14H,3-4,7-8,10H2,1H3/q+1. The smallest absolute Gasteiger partial charge is 0.281 e. The van der Waals surface area contributed by atoms with Crippen LogP contribution < -0.4 is 0 Å². The molecule has 0 saturated carbocycles. The summed E-state index contributed by atoms with van der Waals surface area (Å²) in [5.41, 5.74) is 0.566. The summed E-state index contributed by atoms with van der Waals surface area (Å²) in [6.45, 7) is 0.625. The highest BCUT2D eigenvalue weighted by molar-refractivity contribution is 5.40. The van der Waals surface area contributed by atoms with Crippen molar-refractivity contribution in [2.75, 3.05) is 7.05 Å². The molecule has 1 radical (unpaired) electrons. The fourth-order valence-electron chi connectivity index (χ4n) is 3.94. The van der Waals surface area contributed by atoms with Gasteiger partial charge in [-0.2, -0.15) is 0 Å². The predicted molar refractivity (Wildman–Crippen MR) is 73.3 cm³/mol. The number of nitro groups is 1. The van der Waals surface area contributed by atoms with Gasteiger partial charge in [0.1, 0.15) is 12.4 Å². The summed E-state index contributed by atoms with van der Waals surface area (Å²) < 4.78 is 14.1. The van der Waals surface area contributed by atoms with Crippen LogP contribution in [0, 0.1) is 22.4 Å². The first-order valence-electron chi connectivity index (χ1n) is 7.10. The second-order valence-corrected chi connectivity index (χ2v) is 6.18. The summed E-state index contributed by atoms with van der Waals surface area (Å²) in [6.07, 6.45) is 6.89.